The lowest BCUT2D eigenvalue weighted by Gasteiger charge is -2.11. The molecule has 8 heteroatoms. The molecule has 0 saturated carbocycles. The third-order valence-corrected chi connectivity index (χ3v) is 3.91. The van der Waals surface area contributed by atoms with Crippen molar-refractivity contribution >= 4 is 17.5 Å². The van der Waals surface area contributed by atoms with Gasteiger partial charge in [0.1, 0.15) is 11.6 Å². The number of nitrogens with zero attached hydrogens (tertiary/aromatic N) is 3. The topological polar surface area (TPSA) is 112 Å². The molecule has 0 aliphatic heterocycles. The van der Waals surface area contributed by atoms with Gasteiger partial charge in [0.15, 0.2) is 0 Å². The Bertz CT molecular complexity index is 974. The smallest absolute Gasteiger partial charge is 0.256 e. The molecule has 3 N–H and O–H groups in total. The second kappa shape index (κ2) is 7.69. The number of amides is 1. The van der Waals surface area contributed by atoms with E-state index < -0.39 is 0 Å². The summed E-state index contributed by atoms with van der Waals surface area (Å²) in [5.41, 5.74) is 8.89. The van der Waals surface area contributed by atoms with Gasteiger partial charge in [-0.05, 0) is 31.2 Å². The number of nitrogens with two attached hydrogens (primary N) is 1. The average Bonchev–Trinajstić information content (AvgIpc) is 2.68. The molecule has 3 aromatic rings. The number of aryl methyl sites for hydroxylation is 1. The average molecular weight is 365 g/mol. The van der Waals surface area contributed by atoms with E-state index in [1.54, 1.807) is 30.3 Å². The first-order valence-corrected chi connectivity index (χ1v) is 8.12. The molecule has 2 aromatic heterocycles. The maximum atomic E-state index is 12.3. The molecule has 0 saturated heterocycles. The van der Waals surface area contributed by atoms with Crippen LogP contribution >= 0.6 is 0 Å². The number of carbonyl (C=O) groups excluding carboxylic acids is 1. The first kappa shape index (κ1) is 18.1. The van der Waals surface area contributed by atoms with Crippen molar-refractivity contribution in [1.29, 1.82) is 0 Å². The van der Waals surface area contributed by atoms with E-state index in [0.29, 0.717) is 34.3 Å². The number of rotatable bonds is 5. The van der Waals surface area contributed by atoms with E-state index >= 15 is 0 Å². The Morgan fingerprint density at radius 2 is 1.74 bits per heavy atom. The van der Waals surface area contributed by atoms with Gasteiger partial charge in [-0.3, -0.25) is 4.79 Å². The van der Waals surface area contributed by atoms with Gasteiger partial charge in [-0.25, -0.2) is 4.98 Å². The lowest BCUT2D eigenvalue weighted by Crippen LogP contribution is -2.13. The van der Waals surface area contributed by atoms with Gasteiger partial charge < -0.3 is 20.5 Å². The van der Waals surface area contributed by atoms with Gasteiger partial charge in [-0.2, -0.15) is 0 Å². The van der Waals surface area contributed by atoms with Crippen LogP contribution in [0.4, 0.5) is 11.6 Å². The molecule has 2 heterocycles. The van der Waals surface area contributed by atoms with Gasteiger partial charge in [0, 0.05) is 17.2 Å². The fourth-order valence-electron chi connectivity index (χ4n) is 2.47. The van der Waals surface area contributed by atoms with E-state index in [1.165, 1.54) is 14.2 Å². The van der Waals surface area contributed by atoms with Crippen LogP contribution in [-0.2, 0) is 0 Å². The zero-order valence-electron chi connectivity index (χ0n) is 15.2. The Morgan fingerprint density at radius 1 is 1.00 bits per heavy atom. The van der Waals surface area contributed by atoms with E-state index in [4.69, 9.17) is 15.2 Å². The summed E-state index contributed by atoms with van der Waals surface area (Å²) < 4.78 is 10.3. The van der Waals surface area contributed by atoms with Gasteiger partial charge in [0.2, 0.25) is 11.8 Å². The van der Waals surface area contributed by atoms with E-state index in [2.05, 4.69) is 20.5 Å². The van der Waals surface area contributed by atoms with Gasteiger partial charge in [-0.1, -0.05) is 17.7 Å². The normalized spacial score (nSPS) is 10.3. The summed E-state index contributed by atoms with van der Waals surface area (Å²) >= 11 is 0. The quantitative estimate of drug-likeness (QED) is 0.715. The predicted octanol–water partition coefficient (Wildman–Crippen LogP) is 2.70. The Hall–Kier alpha value is -3.68. The molecule has 0 aliphatic rings. The van der Waals surface area contributed by atoms with Crippen molar-refractivity contribution in [3.63, 3.8) is 0 Å². The second-order valence-electron chi connectivity index (χ2n) is 5.76. The Morgan fingerprint density at radius 3 is 2.37 bits per heavy atom. The number of nitrogens with one attached hydrogen (secondary N) is 1. The fourth-order valence-corrected chi connectivity index (χ4v) is 2.47. The van der Waals surface area contributed by atoms with Crippen molar-refractivity contribution < 1.29 is 14.3 Å². The van der Waals surface area contributed by atoms with Crippen LogP contribution in [0.3, 0.4) is 0 Å². The first-order chi connectivity index (χ1) is 13.0. The Balaban J connectivity index is 1.88. The van der Waals surface area contributed by atoms with Crippen molar-refractivity contribution in [3.8, 4) is 22.9 Å². The summed E-state index contributed by atoms with van der Waals surface area (Å²) in [6, 6.07) is 12.3. The SMILES string of the molecule is COc1cc(-c2ccc(NC(=O)c3ccc(C)cc3)nc2N)c(OC)nn1. The van der Waals surface area contributed by atoms with Crippen LogP contribution < -0.4 is 20.5 Å². The van der Waals surface area contributed by atoms with Crippen LogP contribution in [-0.4, -0.2) is 35.3 Å². The van der Waals surface area contributed by atoms with Crippen molar-refractivity contribution in [2.75, 3.05) is 25.3 Å². The van der Waals surface area contributed by atoms with Crippen LogP contribution in [0.25, 0.3) is 11.1 Å². The fraction of sp³-hybridized carbons (Fsp3) is 0.158. The molecule has 8 nitrogen and oxygen atoms in total. The number of methoxy groups -OCH3 is 2. The van der Waals surface area contributed by atoms with E-state index in [9.17, 15) is 4.79 Å². The highest BCUT2D eigenvalue weighted by Crippen LogP contribution is 2.33. The molecule has 1 aromatic carbocycles. The number of carbonyl (C=O) groups is 1. The highest BCUT2D eigenvalue weighted by molar-refractivity contribution is 6.04. The van der Waals surface area contributed by atoms with Crippen LogP contribution in [0, 0.1) is 6.92 Å². The van der Waals surface area contributed by atoms with Crippen molar-refractivity contribution in [2.45, 2.75) is 6.92 Å². The highest BCUT2D eigenvalue weighted by Gasteiger charge is 2.15. The zero-order chi connectivity index (χ0) is 19.4. The van der Waals surface area contributed by atoms with Crippen molar-refractivity contribution in [1.82, 2.24) is 15.2 Å². The first-order valence-electron chi connectivity index (χ1n) is 8.12. The molecule has 0 fully saturated rings. The Kier molecular flexibility index (Phi) is 5.16. The number of hydrogen-bond donors (Lipinski definition) is 2. The van der Waals surface area contributed by atoms with E-state index in [0.717, 1.165) is 5.56 Å². The summed E-state index contributed by atoms with van der Waals surface area (Å²) in [4.78, 5) is 16.6. The summed E-state index contributed by atoms with van der Waals surface area (Å²) in [7, 11) is 2.98. The molecule has 0 aliphatic carbocycles. The second-order valence-corrected chi connectivity index (χ2v) is 5.76. The number of anilines is 2. The number of benzene rings is 1. The molecule has 0 unspecified atom stereocenters. The molecule has 138 valence electrons. The number of pyridine rings is 1. The maximum absolute atomic E-state index is 12.3. The minimum atomic E-state index is -0.264. The summed E-state index contributed by atoms with van der Waals surface area (Å²) in [5, 5.41) is 10.6. The molecule has 1 amide bonds. The van der Waals surface area contributed by atoms with Gasteiger partial charge in [0.25, 0.3) is 5.91 Å². The molecule has 0 bridgehead atoms. The summed E-state index contributed by atoms with van der Waals surface area (Å²) in [5.74, 6) is 0.905. The van der Waals surface area contributed by atoms with Crippen LogP contribution in [0.15, 0.2) is 42.5 Å². The number of ether oxygens (including phenoxy) is 2. The number of aromatic nitrogens is 3. The maximum Gasteiger partial charge on any atom is 0.256 e. The Labute approximate surface area is 156 Å². The number of nitrogen functional groups attached to an aromatic ring is 1. The van der Waals surface area contributed by atoms with E-state index in [1.807, 2.05) is 19.1 Å². The van der Waals surface area contributed by atoms with Crippen LogP contribution in [0.1, 0.15) is 15.9 Å². The predicted molar refractivity (Wildman–Crippen MR) is 102 cm³/mol. The molecule has 27 heavy (non-hydrogen) atoms. The molecular weight excluding hydrogens is 346 g/mol. The molecule has 0 spiro atoms. The molecular formula is C19H19N5O3. The van der Waals surface area contributed by atoms with Crippen LogP contribution in [0.5, 0.6) is 11.8 Å². The molecule has 0 radical (unpaired) electrons. The lowest BCUT2D eigenvalue weighted by atomic mass is 10.1. The summed E-state index contributed by atoms with van der Waals surface area (Å²) in [6.45, 7) is 1.96. The lowest BCUT2D eigenvalue weighted by molar-refractivity contribution is 0.102. The molecule has 0 atom stereocenters. The minimum absolute atomic E-state index is 0.213. The monoisotopic (exact) mass is 365 g/mol. The highest BCUT2D eigenvalue weighted by atomic mass is 16.5. The van der Waals surface area contributed by atoms with E-state index in [-0.39, 0.29) is 11.7 Å². The minimum Gasteiger partial charge on any atom is -0.480 e. The third-order valence-electron chi connectivity index (χ3n) is 3.91. The van der Waals surface area contributed by atoms with Gasteiger partial charge in [-0.15, -0.1) is 10.2 Å². The molecule has 3 rings (SSSR count). The summed E-state index contributed by atoms with van der Waals surface area (Å²) in [6.07, 6.45) is 0. The zero-order valence-corrected chi connectivity index (χ0v) is 15.2. The van der Waals surface area contributed by atoms with Crippen molar-refractivity contribution in [3.05, 3.63) is 53.6 Å². The largest absolute Gasteiger partial charge is 0.480 e. The van der Waals surface area contributed by atoms with Gasteiger partial charge >= 0.3 is 0 Å². The number of hydrogen-bond acceptors (Lipinski definition) is 7. The standard InChI is InChI=1S/C19H19N5O3/c1-11-4-6-12(7-5-11)18(25)22-15-9-8-13(17(20)21-15)14-10-16(26-2)23-24-19(14)27-3/h4-10H,1-3H3,(H3,20,21,22,25). The third kappa shape index (κ3) is 3.95. The van der Waals surface area contributed by atoms with Gasteiger partial charge in [0.05, 0.1) is 19.8 Å². The van der Waals surface area contributed by atoms with Crippen molar-refractivity contribution in [2.24, 2.45) is 0 Å². The van der Waals surface area contributed by atoms with Crippen LogP contribution in [0.2, 0.25) is 0 Å².